The van der Waals surface area contributed by atoms with Gasteiger partial charge in [-0.2, -0.15) is 0 Å². The zero-order valence-corrected chi connectivity index (χ0v) is 13.2. The first kappa shape index (κ1) is 15.7. The summed E-state index contributed by atoms with van der Waals surface area (Å²) in [6.07, 6.45) is -0.367. The van der Waals surface area contributed by atoms with E-state index in [1.165, 1.54) is 6.07 Å². The van der Waals surface area contributed by atoms with Crippen LogP contribution in [0.2, 0.25) is 0 Å². The number of fused-ring (bicyclic) bond motifs is 1. The van der Waals surface area contributed by atoms with Crippen molar-refractivity contribution in [3.8, 4) is 0 Å². The van der Waals surface area contributed by atoms with E-state index >= 15 is 0 Å². The van der Waals surface area contributed by atoms with Crippen LogP contribution in [0.15, 0.2) is 35.1 Å². The van der Waals surface area contributed by atoms with Crippen LogP contribution in [-0.2, 0) is 0 Å². The van der Waals surface area contributed by atoms with Gasteiger partial charge in [-0.05, 0) is 13.0 Å². The summed E-state index contributed by atoms with van der Waals surface area (Å²) in [5.41, 5.74) is 0.865. The van der Waals surface area contributed by atoms with Crippen LogP contribution in [0.4, 0.5) is 0 Å². The summed E-state index contributed by atoms with van der Waals surface area (Å²) in [6.45, 7) is 5.06. The molecule has 1 atom stereocenters. The largest absolute Gasteiger partial charge is 0.392 e. The third-order valence-corrected chi connectivity index (χ3v) is 4.16. The Morgan fingerprint density at radius 1 is 1.26 bits per heavy atom. The summed E-state index contributed by atoms with van der Waals surface area (Å²) < 4.78 is 0. The van der Waals surface area contributed by atoms with Gasteiger partial charge in [-0.1, -0.05) is 18.2 Å². The zero-order chi connectivity index (χ0) is 16.4. The molecule has 3 rings (SSSR count). The summed E-state index contributed by atoms with van der Waals surface area (Å²) in [5.74, 6) is -0.107. The quantitative estimate of drug-likeness (QED) is 0.873. The minimum atomic E-state index is -0.367. The fourth-order valence-corrected chi connectivity index (χ4v) is 3.06. The molecule has 0 spiro atoms. The SMILES string of the molecule is CC(O)CN1CCN(C(=O)c2cc(=O)[nH]c3ccccc23)CC1. The maximum absolute atomic E-state index is 12.8. The number of nitrogens with one attached hydrogen (secondary N) is 1. The molecule has 1 aromatic heterocycles. The summed E-state index contributed by atoms with van der Waals surface area (Å²) in [4.78, 5) is 31.3. The van der Waals surface area contributed by atoms with Crippen molar-refractivity contribution in [3.63, 3.8) is 0 Å². The Morgan fingerprint density at radius 2 is 1.96 bits per heavy atom. The van der Waals surface area contributed by atoms with E-state index in [1.807, 2.05) is 18.2 Å². The number of rotatable bonds is 3. The lowest BCUT2D eigenvalue weighted by molar-refractivity contribution is 0.0555. The normalized spacial score (nSPS) is 17.4. The van der Waals surface area contributed by atoms with Crippen LogP contribution in [-0.4, -0.2) is 64.6 Å². The third kappa shape index (κ3) is 3.43. The van der Waals surface area contributed by atoms with Crippen LogP contribution in [0, 0.1) is 0 Å². The second-order valence-electron chi connectivity index (χ2n) is 6.03. The fraction of sp³-hybridized carbons (Fsp3) is 0.412. The molecular weight excluding hydrogens is 294 g/mol. The lowest BCUT2D eigenvalue weighted by Gasteiger charge is -2.35. The van der Waals surface area contributed by atoms with E-state index in [0.717, 1.165) is 18.5 Å². The average molecular weight is 315 g/mol. The molecule has 1 unspecified atom stereocenters. The van der Waals surface area contributed by atoms with E-state index in [1.54, 1.807) is 17.9 Å². The van der Waals surface area contributed by atoms with Crippen molar-refractivity contribution in [1.29, 1.82) is 0 Å². The van der Waals surface area contributed by atoms with Gasteiger partial charge in [0.05, 0.1) is 11.7 Å². The van der Waals surface area contributed by atoms with Gasteiger partial charge in [-0.25, -0.2) is 0 Å². The Morgan fingerprint density at radius 3 is 2.65 bits per heavy atom. The van der Waals surface area contributed by atoms with Crippen molar-refractivity contribution in [3.05, 3.63) is 46.2 Å². The van der Waals surface area contributed by atoms with Crippen molar-refractivity contribution in [2.45, 2.75) is 13.0 Å². The average Bonchev–Trinajstić information content (AvgIpc) is 2.53. The first-order valence-corrected chi connectivity index (χ1v) is 7.86. The van der Waals surface area contributed by atoms with Crippen LogP contribution in [0.1, 0.15) is 17.3 Å². The topological polar surface area (TPSA) is 76.6 Å². The Hall–Kier alpha value is -2.18. The number of hydrogen-bond donors (Lipinski definition) is 2. The number of para-hydroxylation sites is 1. The lowest BCUT2D eigenvalue weighted by atomic mass is 10.1. The fourth-order valence-electron chi connectivity index (χ4n) is 3.06. The van der Waals surface area contributed by atoms with Gasteiger partial charge < -0.3 is 15.0 Å². The maximum Gasteiger partial charge on any atom is 0.254 e. The summed E-state index contributed by atoms with van der Waals surface area (Å²) >= 11 is 0. The molecule has 2 aromatic rings. The number of β-amino-alcohol motifs (C(OH)–C–C–N with tert-alkyl or cyclic N) is 1. The number of aromatic amines is 1. The molecule has 2 N–H and O–H groups in total. The highest BCUT2D eigenvalue weighted by molar-refractivity contribution is 6.05. The van der Waals surface area contributed by atoms with E-state index < -0.39 is 0 Å². The molecule has 0 bridgehead atoms. The van der Waals surface area contributed by atoms with Crippen molar-refractivity contribution in [1.82, 2.24) is 14.8 Å². The van der Waals surface area contributed by atoms with Crippen LogP contribution in [0.5, 0.6) is 0 Å². The molecule has 0 saturated carbocycles. The van der Waals surface area contributed by atoms with Gasteiger partial charge in [-0.15, -0.1) is 0 Å². The van der Waals surface area contributed by atoms with Gasteiger partial charge in [0, 0.05) is 49.7 Å². The molecule has 122 valence electrons. The van der Waals surface area contributed by atoms with E-state index in [0.29, 0.717) is 30.7 Å². The number of benzene rings is 1. The number of piperazine rings is 1. The number of aliphatic hydroxyl groups excluding tert-OH is 1. The Bertz CT molecular complexity index is 761. The minimum Gasteiger partial charge on any atom is -0.392 e. The van der Waals surface area contributed by atoms with Crippen LogP contribution in [0.3, 0.4) is 0 Å². The lowest BCUT2D eigenvalue weighted by Crippen LogP contribution is -2.50. The van der Waals surface area contributed by atoms with Crippen molar-refractivity contribution >= 4 is 16.8 Å². The zero-order valence-electron chi connectivity index (χ0n) is 13.2. The highest BCUT2D eigenvalue weighted by Gasteiger charge is 2.24. The number of pyridine rings is 1. The van der Waals surface area contributed by atoms with Gasteiger partial charge >= 0.3 is 0 Å². The Kier molecular flexibility index (Phi) is 4.45. The van der Waals surface area contributed by atoms with Crippen molar-refractivity contribution < 1.29 is 9.90 Å². The number of aromatic nitrogens is 1. The van der Waals surface area contributed by atoms with Crippen molar-refractivity contribution in [2.75, 3.05) is 32.7 Å². The van der Waals surface area contributed by atoms with Crippen molar-refractivity contribution in [2.24, 2.45) is 0 Å². The van der Waals surface area contributed by atoms with Gasteiger partial charge in [0.1, 0.15) is 0 Å². The highest BCUT2D eigenvalue weighted by Crippen LogP contribution is 2.17. The standard InChI is InChI=1S/C17H21N3O3/c1-12(21)11-19-6-8-20(9-7-19)17(23)14-10-16(22)18-15-5-3-2-4-13(14)15/h2-5,10,12,21H,6-9,11H2,1H3,(H,18,22). The summed E-state index contributed by atoms with van der Waals surface area (Å²) in [7, 11) is 0. The Balaban J connectivity index is 1.81. The molecule has 23 heavy (non-hydrogen) atoms. The number of amides is 1. The summed E-state index contributed by atoms with van der Waals surface area (Å²) in [5, 5.41) is 10.2. The number of nitrogens with zero attached hydrogens (tertiary/aromatic N) is 2. The Labute approximate surface area is 134 Å². The molecule has 1 saturated heterocycles. The monoisotopic (exact) mass is 315 g/mol. The third-order valence-electron chi connectivity index (χ3n) is 4.16. The number of aliphatic hydroxyl groups is 1. The van der Waals surface area contributed by atoms with Gasteiger partial charge in [0.15, 0.2) is 0 Å². The molecule has 1 aromatic carbocycles. The molecular formula is C17H21N3O3. The predicted octanol–water partition coefficient (Wildman–Crippen LogP) is 0.667. The van der Waals surface area contributed by atoms with Gasteiger partial charge in [-0.3, -0.25) is 14.5 Å². The molecule has 0 radical (unpaired) electrons. The molecule has 1 fully saturated rings. The second kappa shape index (κ2) is 6.52. The molecule has 1 aliphatic rings. The molecule has 6 nitrogen and oxygen atoms in total. The van der Waals surface area contributed by atoms with E-state index in [9.17, 15) is 14.7 Å². The first-order chi connectivity index (χ1) is 11.0. The molecule has 1 amide bonds. The van der Waals surface area contributed by atoms with E-state index in [2.05, 4.69) is 9.88 Å². The maximum atomic E-state index is 12.8. The van der Waals surface area contributed by atoms with Crippen LogP contribution < -0.4 is 5.56 Å². The molecule has 0 aliphatic carbocycles. The van der Waals surface area contributed by atoms with Crippen LogP contribution >= 0.6 is 0 Å². The number of carbonyl (C=O) groups excluding carboxylic acids is 1. The van der Waals surface area contributed by atoms with E-state index in [-0.39, 0.29) is 17.6 Å². The predicted molar refractivity (Wildman–Crippen MR) is 88.6 cm³/mol. The molecule has 1 aliphatic heterocycles. The summed E-state index contributed by atoms with van der Waals surface area (Å²) in [6, 6.07) is 8.72. The molecule has 6 heteroatoms. The van der Waals surface area contributed by atoms with Gasteiger partial charge in [0.2, 0.25) is 5.56 Å². The van der Waals surface area contributed by atoms with Crippen LogP contribution in [0.25, 0.3) is 10.9 Å². The minimum absolute atomic E-state index is 0.107. The van der Waals surface area contributed by atoms with Gasteiger partial charge in [0.25, 0.3) is 5.91 Å². The smallest absolute Gasteiger partial charge is 0.254 e. The van der Waals surface area contributed by atoms with E-state index in [4.69, 9.17) is 0 Å². The number of H-pyrrole nitrogens is 1. The number of hydrogen-bond acceptors (Lipinski definition) is 4. The molecule has 2 heterocycles. The highest BCUT2D eigenvalue weighted by atomic mass is 16.3. The number of carbonyl (C=O) groups is 1. The first-order valence-electron chi connectivity index (χ1n) is 7.86. The second-order valence-corrected chi connectivity index (χ2v) is 6.03.